The van der Waals surface area contributed by atoms with Crippen molar-refractivity contribution in [3.63, 3.8) is 0 Å². The van der Waals surface area contributed by atoms with Crippen LogP contribution >= 0.6 is 0 Å². The SMILES string of the molecule is COc1ccc(N2N=C[C@@H]3CN(c4nc(N)nc5c4cnn5C)CCN3C2=O)cc1C. The molecule has 0 radical (unpaired) electrons. The molecule has 1 saturated heterocycles. The Bertz CT molecular complexity index is 1200. The van der Waals surface area contributed by atoms with Crippen LogP contribution in [-0.2, 0) is 7.05 Å². The van der Waals surface area contributed by atoms with Crippen molar-refractivity contribution in [2.75, 3.05) is 42.4 Å². The number of methoxy groups -OCH3 is 1. The van der Waals surface area contributed by atoms with Crippen molar-refractivity contribution in [1.29, 1.82) is 0 Å². The largest absolute Gasteiger partial charge is 0.496 e. The minimum atomic E-state index is -0.167. The first kappa shape index (κ1) is 19.1. The van der Waals surface area contributed by atoms with E-state index >= 15 is 0 Å². The third kappa shape index (κ3) is 3.09. The van der Waals surface area contributed by atoms with Gasteiger partial charge in [-0.1, -0.05) is 0 Å². The monoisotopic (exact) mass is 421 g/mol. The Hall–Kier alpha value is -3.89. The summed E-state index contributed by atoms with van der Waals surface area (Å²) in [5, 5.41) is 11.0. The van der Waals surface area contributed by atoms with Gasteiger partial charge in [0.25, 0.3) is 0 Å². The van der Waals surface area contributed by atoms with Gasteiger partial charge in [0.05, 0.1) is 36.6 Å². The predicted octanol–water partition coefficient (Wildman–Crippen LogP) is 1.38. The van der Waals surface area contributed by atoms with Gasteiger partial charge in [-0.25, -0.2) is 4.79 Å². The normalized spacial score (nSPS) is 18.6. The van der Waals surface area contributed by atoms with E-state index in [1.54, 1.807) is 24.2 Å². The van der Waals surface area contributed by atoms with E-state index in [0.717, 1.165) is 22.5 Å². The lowest BCUT2D eigenvalue weighted by Crippen LogP contribution is -2.61. The van der Waals surface area contributed by atoms with Gasteiger partial charge < -0.3 is 20.3 Å². The second-order valence-corrected chi connectivity index (χ2v) is 7.63. The number of hydrogen-bond donors (Lipinski definition) is 1. The van der Waals surface area contributed by atoms with E-state index in [-0.39, 0.29) is 18.0 Å². The lowest BCUT2D eigenvalue weighted by atomic mass is 10.1. The number of ether oxygens (including phenoxy) is 1. The number of amides is 2. The molecular weight excluding hydrogens is 398 g/mol. The highest BCUT2D eigenvalue weighted by Crippen LogP contribution is 2.30. The van der Waals surface area contributed by atoms with Gasteiger partial charge in [0.1, 0.15) is 11.6 Å². The molecule has 1 aromatic carbocycles. The van der Waals surface area contributed by atoms with Crippen molar-refractivity contribution in [3.8, 4) is 5.75 Å². The molecule has 3 aromatic rings. The van der Waals surface area contributed by atoms with Crippen LogP contribution in [-0.4, -0.2) is 69.7 Å². The summed E-state index contributed by atoms with van der Waals surface area (Å²) < 4.78 is 6.99. The number of hydrogen-bond acceptors (Lipinski definition) is 8. The molecule has 1 fully saturated rings. The molecule has 31 heavy (non-hydrogen) atoms. The smallest absolute Gasteiger partial charge is 0.345 e. The fourth-order valence-electron chi connectivity index (χ4n) is 4.12. The maximum absolute atomic E-state index is 13.2. The Morgan fingerprint density at radius 1 is 1.23 bits per heavy atom. The molecule has 11 nitrogen and oxygen atoms in total. The number of hydrazone groups is 1. The van der Waals surface area contributed by atoms with Crippen molar-refractivity contribution in [2.45, 2.75) is 13.0 Å². The van der Waals surface area contributed by atoms with Gasteiger partial charge in [-0.05, 0) is 30.7 Å². The highest BCUT2D eigenvalue weighted by Gasteiger charge is 2.37. The topological polar surface area (TPSA) is 118 Å². The van der Waals surface area contributed by atoms with E-state index < -0.39 is 0 Å². The molecule has 2 N–H and O–H groups in total. The molecule has 0 spiro atoms. The minimum Gasteiger partial charge on any atom is -0.496 e. The first-order valence-corrected chi connectivity index (χ1v) is 9.96. The molecule has 2 aromatic heterocycles. The van der Waals surface area contributed by atoms with Crippen molar-refractivity contribution < 1.29 is 9.53 Å². The summed E-state index contributed by atoms with van der Waals surface area (Å²) in [6, 6.07) is 5.26. The number of anilines is 3. The quantitative estimate of drug-likeness (QED) is 0.679. The van der Waals surface area contributed by atoms with E-state index in [1.165, 1.54) is 5.01 Å². The van der Waals surface area contributed by atoms with E-state index in [4.69, 9.17) is 10.5 Å². The summed E-state index contributed by atoms with van der Waals surface area (Å²) in [6.45, 7) is 3.65. The third-order valence-corrected chi connectivity index (χ3v) is 5.71. The minimum absolute atomic E-state index is 0.148. The second-order valence-electron chi connectivity index (χ2n) is 7.63. The van der Waals surface area contributed by atoms with E-state index in [1.807, 2.05) is 37.1 Å². The number of aryl methyl sites for hydroxylation is 2. The number of fused-ring (bicyclic) bond motifs is 2. The molecule has 4 heterocycles. The maximum atomic E-state index is 13.2. The molecule has 11 heteroatoms. The second kappa shape index (κ2) is 7.11. The van der Waals surface area contributed by atoms with Crippen LogP contribution in [0.25, 0.3) is 11.0 Å². The number of carbonyl (C=O) groups excluding carboxylic acids is 1. The van der Waals surface area contributed by atoms with Crippen LogP contribution in [0.1, 0.15) is 5.56 Å². The van der Waals surface area contributed by atoms with Crippen LogP contribution < -0.4 is 20.4 Å². The summed E-state index contributed by atoms with van der Waals surface area (Å²) in [7, 11) is 3.44. The zero-order valence-electron chi connectivity index (χ0n) is 17.6. The number of nitrogen functional groups attached to an aromatic ring is 1. The van der Waals surface area contributed by atoms with E-state index in [9.17, 15) is 4.79 Å². The zero-order valence-corrected chi connectivity index (χ0v) is 17.6. The molecule has 2 aliphatic rings. The zero-order chi connectivity index (χ0) is 21.7. The highest BCUT2D eigenvalue weighted by atomic mass is 16.5. The van der Waals surface area contributed by atoms with E-state index in [0.29, 0.717) is 31.0 Å². The fraction of sp³-hybridized carbons (Fsp3) is 0.350. The molecule has 0 aliphatic carbocycles. The molecule has 1 atom stereocenters. The summed E-state index contributed by atoms with van der Waals surface area (Å²) in [5.74, 6) is 1.70. The average Bonchev–Trinajstić information content (AvgIpc) is 3.13. The Kier molecular flexibility index (Phi) is 4.38. The number of rotatable bonds is 3. The first-order valence-electron chi connectivity index (χ1n) is 9.96. The summed E-state index contributed by atoms with van der Waals surface area (Å²) in [5.41, 5.74) is 8.26. The first-order chi connectivity index (χ1) is 15.0. The number of aromatic nitrogens is 4. The molecule has 2 aliphatic heterocycles. The summed E-state index contributed by atoms with van der Waals surface area (Å²) >= 11 is 0. The van der Waals surface area contributed by atoms with Crippen LogP contribution in [0.2, 0.25) is 0 Å². The Balaban J connectivity index is 1.42. The number of carbonyl (C=O) groups is 1. The van der Waals surface area contributed by atoms with E-state index in [2.05, 4.69) is 25.1 Å². The molecule has 0 bridgehead atoms. The number of nitrogens with two attached hydrogens (primary N) is 1. The average molecular weight is 421 g/mol. The van der Waals surface area contributed by atoms with Gasteiger partial charge in [-0.2, -0.15) is 25.2 Å². The van der Waals surface area contributed by atoms with Crippen molar-refractivity contribution in [2.24, 2.45) is 12.1 Å². The van der Waals surface area contributed by atoms with Crippen molar-refractivity contribution in [3.05, 3.63) is 30.0 Å². The van der Waals surface area contributed by atoms with Crippen LogP contribution in [0.3, 0.4) is 0 Å². The van der Waals surface area contributed by atoms with Crippen LogP contribution in [0, 0.1) is 6.92 Å². The van der Waals surface area contributed by atoms with Crippen molar-refractivity contribution in [1.82, 2.24) is 24.6 Å². The fourth-order valence-corrected chi connectivity index (χ4v) is 4.12. The van der Waals surface area contributed by atoms with Gasteiger partial charge in [0, 0.05) is 26.7 Å². The number of benzene rings is 1. The van der Waals surface area contributed by atoms with Crippen molar-refractivity contribution >= 4 is 40.7 Å². The van der Waals surface area contributed by atoms with Gasteiger partial charge >= 0.3 is 6.03 Å². The molecule has 0 saturated carbocycles. The molecular formula is C20H23N9O2. The molecule has 160 valence electrons. The number of urea groups is 1. The Labute approximate surface area is 178 Å². The molecule has 0 unspecified atom stereocenters. The summed E-state index contributed by atoms with van der Waals surface area (Å²) in [6.07, 6.45) is 3.54. The standard InChI is InChI=1S/C20H23N9O2/c1-12-8-13(4-5-16(12)31-3)29-20(30)28-7-6-27(11-14(28)9-23-29)18-15-10-22-26(2)17(15)24-19(21)25-18/h4-5,8-10,14H,6-7,11H2,1-3H3,(H2,21,24,25)/t14-/m1/s1. The molecule has 5 rings (SSSR count). The van der Waals surface area contributed by atoms with Crippen LogP contribution in [0.15, 0.2) is 29.5 Å². The lowest BCUT2D eigenvalue weighted by Gasteiger charge is -2.43. The van der Waals surface area contributed by atoms with Gasteiger partial charge in [-0.3, -0.25) is 4.68 Å². The van der Waals surface area contributed by atoms with Crippen LogP contribution in [0.4, 0.5) is 22.2 Å². The Morgan fingerprint density at radius 3 is 2.84 bits per heavy atom. The van der Waals surface area contributed by atoms with Crippen LogP contribution in [0.5, 0.6) is 5.75 Å². The Morgan fingerprint density at radius 2 is 2.06 bits per heavy atom. The summed E-state index contributed by atoms with van der Waals surface area (Å²) in [4.78, 5) is 25.8. The third-order valence-electron chi connectivity index (χ3n) is 5.71. The molecule has 2 amide bonds. The highest BCUT2D eigenvalue weighted by molar-refractivity contribution is 5.98. The number of piperazine rings is 1. The van der Waals surface area contributed by atoms with Gasteiger partial charge in [0.15, 0.2) is 5.65 Å². The predicted molar refractivity (Wildman–Crippen MR) is 118 cm³/mol. The van der Waals surface area contributed by atoms with Gasteiger partial charge in [0.2, 0.25) is 5.95 Å². The maximum Gasteiger partial charge on any atom is 0.345 e. The lowest BCUT2D eigenvalue weighted by molar-refractivity contribution is 0.187. The number of nitrogens with zero attached hydrogens (tertiary/aromatic N) is 8. The van der Waals surface area contributed by atoms with Gasteiger partial charge in [-0.15, -0.1) is 0 Å².